The Morgan fingerprint density at radius 2 is 1.78 bits per heavy atom. The Kier molecular flexibility index (Phi) is 6.28. The van der Waals surface area contributed by atoms with Gasteiger partial charge in [-0.05, 0) is 36.4 Å². The molecule has 0 aromatic heterocycles. The predicted octanol–water partition coefficient (Wildman–Crippen LogP) is 2.63. The molecule has 0 saturated carbocycles. The molecule has 2 aromatic carbocycles. The van der Waals surface area contributed by atoms with E-state index in [1.807, 2.05) is 0 Å². The molecular formula is C19H15N3O5. The van der Waals surface area contributed by atoms with Crippen LogP contribution in [0.4, 0.5) is 11.4 Å². The fourth-order valence-electron chi connectivity index (χ4n) is 2.08. The van der Waals surface area contributed by atoms with Crippen LogP contribution in [0.2, 0.25) is 0 Å². The number of esters is 1. The highest BCUT2D eigenvalue weighted by Crippen LogP contribution is 2.17. The Morgan fingerprint density at radius 3 is 2.37 bits per heavy atom. The first-order chi connectivity index (χ1) is 13.0. The first-order valence-corrected chi connectivity index (χ1v) is 7.65. The summed E-state index contributed by atoms with van der Waals surface area (Å²) in [6.45, 7) is 0. The van der Waals surface area contributed by atoms with Crippen LogP contribution in [-0.4, -0.2) is 30.1 Å². The van der Waals surface area contributed by atoms with Crippen LogP contribution in [0.5, 0.6) is 0 Å². The van der Waals surface area contributed by atoms with Crippen LogP contribution >= 0.6 is 0 Å². The minimum absolute atomic E-state index is 0.113. The van der Waals surface area contributed by atoms with Crippen LogP contribution in [0.1, 0.15) is 20.7 Å². The third-order valence-corrected chi connectivity index (χ3v) is 3.46. The highest BCUT2D eigenvalue weighted by molar-refractivity contribution is 6.09. The van der Waals surface area contributed by atoms with E-state index in [1.165, 1.54) is 49.7 Å². The molecule has 0 atom stereocenters. The lowest BCUT2D eigenvalue weighted by atomic mass is 10.1. The fourth-order valence-corrected chi connectivity index (χ4v) is 2.08. The van der Waals surface area contributed by atoms with Crippen LogP contribution in [0.25, 0.3) is 0 Å². The molecule has 0 saturated heterocycles. The predicted molar refractivity (Wildman–Crippen MR) is 97.1 cm³/mol. The molecular weight excluding hydrogens is 350 g/mol. The summed E-state index contributed by atoms with van der Waals surface area (Å²) in [6, 6.07) is 13.8. The smallest absolute Gasteiger partial charge is 0.339 e. The molecule has 3 N–H and O–H groups in total. The lowest BCUT2D eigenvalue weighted by molar-refractivity contribution is -0.112. The molecule has 8 nitrogen and oxygen atoms in total. The average molecular weight is 365 g/mol. The van der Waals surface area contributed by atoms with Crippen molar-refractivity contribution >= 4 is 29.2 Å². The van der Waals surface area contributed by atoms with Crippen LogP contribution in [-0.2, 0) is 9.53 Å². The number of hydrogen-bond donors (Lipinski definition) is 3. The van der Waals surface area contributed by atoms with Gasteiger partial charge in [-0.1, -0.05) is 12.1 Å². The Labute approximate surface area is 154 Å². The minimum atomic E-state index is -1.06. The van der Waals surface area contributed by atoms with E-state index < -0.39 is 17.8 Å². The van der Waals surface area contributed by atoms with E-state index in [-0.39, 0.29) is 22.4 Å². The monoisotopic (exact) mass is 365 g/mol. The molecule has 0 unspecified atom stereocenters. The minimum Gasteiger partial charge on any atom is -0.478 e. The Bertz CT molecular complexity index is 943. The molecule has 0 spiro atoms. The number of hydrogen-bond acceptors (Lipinski definition) is 6. The number of carboxylic acid groups (broad SMARTS) is 1. The Hall–Kier alpha value is -4.12. The maximum atomic E-state index is 12.3. The van der Waals surface area contributed by atoms with Gasteiger partial charge in [-0.2, -0.15) is 5.26 Å². The van der Waals surface area contributed by atoms with E-state index >= 15 is 0 Å². The summed E-state index contributed by atoms with van der Waals surface area (Å²) in [5, 5.41) is 23.3. The first kappa shape index (κ1) is 19.2. The SMILES string of the molecule is COC(=O)c1ccccc1NC(=O)/C(C#N)=C\Nc1ccc(C(=O)O)cc1. The van der Waals surface area contributed by atoms with Crippen molar-refractivity contribution in [1.29, 1.82) is 5.26 Å². The molecule has 1 amide bonds. The van der Waals surface area contributed by atoms with Crippen molar-refractivity contribution in [2.45, 2.75) is 0 Å². The summed E-state index contributed by atoms with van der Waals surface area (Å²) in [6.07, 6.45) is 1.19. The molecule has 8 heteroatoms. The second-order valence-corrected chi connectivity index (χ2v) is 5.19. The number of amides is 1. The van der Waals surface area contributed by atoms with E-state index in [4.69, 9.17) is 5.11 Å². The largest absolute Gasteiger partial charge is 0.478 e. The number of nitriles is 1. The summed E-state index contributed by atoms with van der Waals surface area (Å²) in [4.78, 5) is 34.9. The lowest BCUT2D eigenvalue weighted by Gasteiger charge is -2.09. The van der Waals surface area contributed by atoms with Gasteiger partial charge in [0.2, 0.25) is 0 Å². The number of carbonyl (C=O) groups excluding carboxylic acids is 2. The van der Waals surface area contributed by atoms with Gasteiger partial charge in [0.25, 0.3) is 5.91 Å². The van der Waals surface area contributed by atoms with Crippen LogP contribution < -0.4 is 10.6 Å². The number of para-hydroxylation sites is 1. The lowest BCUT2D eigenvalue weighted by Crippen LogP contribution is -2.17. The molecule has 0 bridgehead atoms. The van der Waals surface area contributed by atoms with Gasteiger partial charge in [0.05, 0.1) is 23.9 Å². The topological polar surface area (TPSA) is 129 Å². The van der Waals surface area contributed by atoms with Crippen LogP contribution in [0.3, 0.4) is 0 Å². The number of benzene rings is 2. The second kappa shape index (κ2) is 8.82. The molecule has 0 radical (unpaired) electrons. The van der Waals surface area contributed by atoms with Gasteiger partial charge in [0.15, 0.2) is 0 Å². The van der Waals surface area contributed by atoms with Gasteiger partial charge in [-0.15, -0.1) is 0 Å². The van der Waals surface area contributed by atoms with E-state index in [0.717, 1.165) is 0 Å². The van der Waals surface area contributed by atoms with Crippen molar-refractivity contribution in [3.8, 4) is 6.07 Å². The number of carbonyl (C=O) groups is 3. The maximum absolute atomic E-state index is 12.3. The zero-order valence-corrected chi connectivity index (χ0v) is 14.2. The van der Waals surface area contributed by atoms with Gasteiger partial charge in [0, 0.05) is 11.9 Å². The molecule has 0 aliphatic rings. The van der Waals surface area contributed by atoms with Crippen LogP contribution in [0, 0.1) is 11.3 Å². The maximum Gasteiger partial charge on any atom is 0.339 e. The van der Waals surface area contributed by atoms with Gasteiger partial charge in [-0.25, -0.2) is 9.59 Å². The zero-order valence-electron chi connectivity index (χ0n) is 14.2. The van der Waals surface area contributed by atoms with Gasteiger partial charge in [-0.3, -0.25) is 4.79 Å². The standard InChI is InChI=1S/C19H15N3O5/c1-27-19(26)15-4-2-3-5-16(15)22-17(23)13(10-20)11-21-14-8-6-12(7-9-14)18(24)25/h2-9,11,21H,1H3,(H,22,23)(H,24,25)/b13-11-. The number of nitrogens with zero attached hydrogens (tertiary/aromatic N) is 1. The average Bonchev–Trinajstić information content (AvgIpc) is 2.68. The summed E-state index contributed by atoms with van der Waals surface area (Å²) in [5.74, 6) is -2.40. The zero-order chi connectivity index (χ0) is 19.8. The first-order valence-electron chi connectivity index (χ1n) is 7.65. The van der Waals surface area contributed by atoms with Gasteiger partial charge in [0.1, 0.15) is 11.6 Å². The highest BCUT2D eigenvalue weighted by atomic mass is 16.5. The fraction of sp³-hybridized carbons (Fsp3) is 0.0526. The van der Waals surface area contributed by atoms with Crippen molar-refractivity contribution in [1.82, 2.24) is 0 Å². The molecule has 0 heterocycles. The van der Waals surface area contributed by atoms with Crippen LogP contribution in [0.15, 0.2) is 60.3 Å². The molecule has 2 rings (SSSR count). The number of nitrogens with one attached hydrogen (secondary N) is 2. The van der Waals surface area contributed by atoms with E-state index in [2.05, 4.69) is 15.4 Å². The molecule has 0 aliphatic heterocycles. The summed E-state index contributed by atoms with van der Waals surface area (Å²) in [7, 11) is 1.22. The molecule has 136 valence electrons. The summed E-state index contributed by atoms with van der Waals surface area (Å²) >= 11 is 0. The third-order valence-electron chi connectivity index (χ3n) is 3.46. The second-order valence-electron chi connectivity index (χ2n) is 5.19. The third kappa shape index (κ3) is 4.93. The van der Waals surface area contributed by atoms with E-state index in [0.29, 0.717) is 5.69 Å². The molecule has 27 heavy (non-hydrogen) atoms. The van der Waals surface area contributed by atoms with Crippen molar-refractivity contribution in [3.63, 3.8) is 0 Å². The van der Waals surface area contributed by atoms with Crippen molar-refractivity contribution in [2.24, 2.45) is 0 Å². The number of carboxylic acids is 1. The van der Waals surface area contributed by atoms with Crippen molar-refractivity contribution < 1.29 is 24.2 Å². The van der Waals surface area contributed by atoms with E-state index in [1.54, 1.807) is 18.2 Å². The number of aromatic carboxylic acids is 1. The Morgan fingerprint density at radius 1 is 1.11 bits per heavy atom. The number of anilines is 2. The number of methoxy groups -OCH3 is 1. The summed E-state index contributed by atoms with van der Waals surface area (Å²) < 4.78 is 4.65. The molecule has 0 fully saturated rings. The van der Waals surface area contributed by atoms with Gasteiger partial charge >= 0.3 is 11.9 Å². The van der Waals surface area contributed by atoms with Crippen molar-refractivity contribution in [2.75, 3.05) is 17.7 Å². The molecule has 0 aliphatic carbocycles. The Balaban J connectivity index is 2.14. The van der Waals surface area contributed by atoms with Crippen molar-refractivity contribution in [3.05, 3.63) is 71.4 Å². The highest BCUT2D eigenvalue weighted by Gasteiger charge is 2.15. The summed E-state index contributed by atoms with van der Waals surface area (Å²) in [5.41, 5.74) is 0.735. The molecule has 2 aromatic rings. The van der Waals surface area contributed by atoms with E-state index in [9.17, 15) is 19.6 Å². The number of rotatable bonds is 6. The quantitative estimate of drug-likeness (QED) is 0.408. The van der Waals surface area contributed by atoms with Gasteiger partial charge < -0.3 is 20.5 Å². The normalized spacial score (nSPS) is 10.4. The number of ether oxygens (including phenoxy) is 1.